The van der Waals surface area contributed by atoms with Crippen LogP contribution in [0, 0.1) is 11.3 Å². The van der Waals surface area contributed by atoms with Crippen LogP contribution in [0.5, 0.6) is 0 Å². The van der Waals surface area contributed by atoms with Crippen LogP contribution in [0.1, 0.15) is 66.7 Å². The minimum atomic E-state index is -0.326. The molecule has 3 nitrogen and oxygen atoms in total. The summed E-state index contributed by atoms with van der Waals surface area (Å²) in [5.41, 5.74) is 5.66. The predicted molar refractivity (Wildman–Crippen MR) is 83.0 cm³/mol. The lowest BCUT2D eigenvalue weighted by Crippen LogP contribution is -2.49. The molecule has 1 unspecified atom stereocenters. The van der Waals surface area contributed by atoms with Gasteiger partial charge in [0.25, 0.3) is 0 Å². The fourth-order valence-electron chi connectivity index (χ4n) is 2.78. The van der Waals surface area contributed by atoms with Gasteiger partial charge in [0.05, 0.1) is 5.41 Å². The highest BCUT2D eigenvalue weighted by atomic mass is 16.2. The number of nitrogens with two attached hydrogens (primary N) is 1. The molecule has 0 saturated carbocycles. The third-order valence-corrected chi connectivity index (χ3v) is 4.20. The summed E-state index contributed by atoms with van der Waals surface area (Å²) in [6.45, 7) is 12.9. The van der Waals surface area contributed by atoms with Crippen molar-refractivity contribution in [2.75, 3.05) is 19.6 Å². The minimum absolute atomic E-state index is 0.279. The molecule has 0 aliphatic heterocycles. The van der Waals surface area contributed by atoms with Crippen molar-refractivity contribution in [3.05, 3.63) is 0 Å². The van der Waals surface area contributed by atoms with E-state index in [0.717, 1.165) is 45.2 Å². The fourth-order valence-corrected chi connectivity index (χ4v) is 2.78. The van der Waals surface area contributed by atoms with Gasteiger partial charge in [0.2, 0.25) is 5.91 Å². The normalized spacial score (nSPS) is 13.4. The molecule has 0 rings (SSSR count). The highest BCUT2D eigenvalue weighted by molar-refractivity contribution is 5.83. The summed E-state index contributed by atoms with van der Waals surface area (Å²) in [4.78, 5) is 14.9. The molecule has 1 amide bonds. The number of carbonyl (C=O) groups is 1. The van der Waals surface area contributed by atoms with Crippen molar-refractivity contribution >= 4 is 5.91 Å². The Balaban J connectivity index is 5.01. The SMILES string of the molecule is CCCC(CN)(CCC)C(=O)N(CC)CC(C)CC. The van der Waals surface area contributed by atoms with Crippen molar-refractivity contribution in [2.45, 2.75) is 66.7 Å². The molecule has 0 fully saturated rings. The Kier molecular flexibility index (Phi) is 9.07. The maximum absolute atomic E-state index is 12.9. The molecule has 2 N–H and O–H groups in total. The molecule has 0 aliphatic carbocycles. The van der Waals surface area contributed by atoms with E-state index in [1.807, 2.05) is 4.90 Å². The van der Waals surface area contributed by atoms with Crippen molar-refractivity contribution in [2.24, 2.45) is 17.1 Å². The van der Waals surface area contributed by atoms with E-state index in [1.54, 1.807) is 0 Å². The van der Waals surface area contributed by atoms with Crippen LogP contribution in [0.2, 0.25) is 0 Å². The molecule has 1 atom stereocenters. The second-order valence-electron chi connectivity index (χ2n) is 5.84. The van der Waals surface area contributed by atoms with Crippen molar-refractivity contribution in [1.82, 2.24) is 4.90 Å². The third-order valence-electron chi connectivity index (χ3n) is 4.20. The first kappa shape index (κ1) is 18.4. The quantitative estimate of drug-likeness (QED) is 0.661. The molecule has 0 spiro atoms. The summed E-state index contributed by atoms with van der Waals surface area (Å²) >= 11 is 0. The fraction of sp³-hybridized carbons (Fsp3) is 0.938. The van der Waals surface area contributed by atoms with Gasteiger partial charge in [-0.25, -0.2) is 0 Å². The van der Waals surface area contributed by atoms with E-state index >= 15 is 0 Å². The first-order valence-corrected chi connectivity index (χ1v) is 8.00. The molecule has 0 saturated heterocycles. The Morgan fingerprint density at radius 2 is 1.68 bits per heavy atom. The lowest BCUT2D eigenvalue weighted by atomic mass is 9.77. The van der Waals surface area contributed by atoms with Gasteiger partial charge in [-0.15, -0.1) is 0 Å². The molecule has 0 aromatic rings. The molecule has 0 aromatic heterocycles. The van der Waals surface area contributed by atoms with Gasteiger partial charge in [0.15, 0.2) is 0 Å². The molecular formula is C16H34N2O. The first-order valence-electron chi connectivity index (χ1n) is 8.00. The van der Waals surface area contributed by atoms with E-state index in [0.29, 0.717) is 12.5 Å². The van der Waals surface area contributed by atoms with Gasteiger partial charge in [-0.1, -0.05) is 47.0 Å². The molecule has 0 bridgehead atoms. The van der Waals surface area contributed by atoms with Gasteiger partial charge >= 0.3 is 0 Å². The predicted octanol–water partition coefficient (Wildman–Crippen LogP) is 3.43. The maximum Gasteiger partial charge on any atom is 0.230 e. The number of carbonyl (C=O) groups excluding carboxylic acids is 1. The molecule has 3 heteroatoms. The van der Waals surface area contributed by atoms with E-state index in [-0.39, 0.29) is 11.3 Å². The summed E-state index contributed by atoms with van der Waals surface area (Å²) in [5.74, 6) is 0.837. The highest BCUT2D eigenvalue weighted by Crippen LogP contribution is 2.31. The molecule has 19 heavy (non-hydrogen) atoms. The van der Waals surface area contributed by atoms with Crippen LogP contribution in [0.4, 0.5) is 0 Å². The summed E-state index contributed by atoms with van der Waals surface area (Å²) in [6.07, 6.45) is 4.97. The number of rotatable bonds is 10. The average molecular weight is 270 g/mol. The van der Waals surface area contributed by atoms with E-state index in [9.17, 15) is 4.79 Å². The Hall–Kier alpha value is -0.570. The summed E-state index contributed by atoms with van der Waals surface area (Å²) < 4.78 is 0. The highest BCUT2D eigenvalue weighted by Gasteiger charge is 2.38. The number of hydrogen-bond donors (Lipinski definition) is 1. The van der Waals surface area contributed by atoms with E-state index < -0.39 is 0 Å². The zero-order valence-electron chi connectivity index (χ0n) is 13.7. The van der Waals surface area contributed by atoms with Crippen LogP contribution in [-0.4, -0.2) is 30.4 Å². The smallest absolute Gasteiger partial charge is 0.230 e. The average Bonchev–Trinajstić information content (AvgIpc) is 2.43. The summed E-state index contributed by atoms with van der Waals surface area (Å²) in [5, 5.41) is 0. The number of amides is 1. The van der Waals surface area contributed by atoms with Crippen molar-refractivity contribution in [1.29, 1.82) is 0 Å². The van der Waals surface area contributed by atoms with Gasteiger partial charge in [-0.05, 0) is 25.7 Å². The standard InChI is InChI=1S/C16H34N2O/c1-6-10-16(13-17,11-7-2)15(19)18(9-4)12-14(5)8-3/h14H,6-13,17H2,1-5H3. The lowest BCUT2D eigenvalue weighted by Gasteiger charge is -2.37. The van der Waals surface area contributed by atoms with Gasteiger partial charge in [-0.2, -0.15) is 0 Å². The number of nitrogens with zero attached hydrogens (tertiary/aromatic N) is 1. The van der Waals surface area contributed by atoms with Crippen LogP contribution >= 0.6 is 0 Å². The monoisotopic (exact) mass is 270 g/mol. The Labute approximate surface area is 119 Å². The Morgan fingerprint density at radius 3 is 2.00 bits per heavy atom. The second-order valence-corrected chi connectivity index (χ2v) is 5.84. The van der Waals surface area contributed by atoms with Gasteiger partial charge in [0, 0.05) is 19.6 Å². The van der Waals surface area contributed by atoms with Gasteiger partial charge in [-0.3, -0.25) is 4.79 Å². The van der Waals surface area contributed by atoms with Gasteiger partial charge < -0.3 is 10.6 Å². The van der Waals surface area contributed by atoms with Crippen molar-refractivity contribution < 1.29 is 4.79 Å². The van der Waals surface area contributed by atoms with Crippen LogP contribution in [-0.2, 0) is 4.79 Å². The molecule has 0 aromatic carbocycles. The summed E-state index contributed by atoms with van der Waals surface area (Å²) in [7, 11) is 0. The molecule has 0 aliphatic rings. The largest absolute Gasteiger partial charge is 0.342 e. The molecule has 114 valence electrons. The second kappa shape index (κ2) is 9.35. The molecular weight excluding hydrogens is 236 g/mol. The lowest BCUT2D eigenvalue weighted by molar-refractivity contribution is -0.143. The van der Waals surface area contributed by atoms with Crippen LogP contribution in [0.15, 0.2) is 0 Å². The van der Waals surface area contributed by atoms with Crippen molar-refractivity contribution in [3.8, 4) is 0 Å². The Morgan fingerprint density at radius 1 is 1.16 bits per heavy atom. The molecule has 0 heterocycles. The van der Waals surface area contributed by atoms with Crippen LogP contribution in [0.3, 0.4) is 0 Å². The maximum atomic E-state index is 12.9. The minimum Gasteiger partial charge on any atom is -0.342 e. The molecule has 0 radical (unpaired) electrons. The third kappa shape index (κ3) is 5.13. The summed E-state index contributed by atoms with van der Waals surface area (Å²) in [6, 6.07) is 0. The number of hydrogen-bond acceptors (Lipinski definition) is 2. The Bertz CT molecular complexity index is 247. The van der Waals surface area contributed by atoms with Crippen LogP contribution < -0.4 is 5.73 Å². The van der Waals surface area contributed by atoms with Crippen molar-refractivity contribution in [3.63, 3.8) is 0 Å². The van der Waals surface area contributed by atoms with Gasteiger partial charge in [0.1, 0.15) is 0 Å². The van der Waals surface area contributed by atoms with E-state index in [2.05, 4.69) is 34.6 Å². The zero-order valence-corrected chi connectivity index (χ0v) is 13.7. The zero-order chi connectivity index (χ0) is 14.9. The van der Waals surface area contributed by atoms with E-state index in [4.69, 9.17) is 5.73 Å². The topological polar surface area (TPSA) is 46.3 Å². The van der Waals surface area contributed by atoms with E-state index in [1.165, 1.54) is 0 Å². The first-order chi connectivity index (χ1) is 9.01. The van der Waals surface area contributed by atoms with Crippen LogP contribution in [0.25, 0.3) is 0 Å².